The van der Waals surface area contributed by atoms with Crippen LogP contribution in [0.25, 0.3) is 0 Å². The summed E-state index contributed by atoms with van der Waals surface area (Å²) < 4.78 is 1.11. The van der Waals surface area contributed by atoms with E-state index >= 15 is 0 Å². The zero-order chi connectivity index (χ0) is 12.8. The molecule has 0 fully saturated rings. The van der Waals surface area contributed by atoms with Crippen molar-refractivity contribution in [1.82, 2.24) is 10.6 Å². The number of hydrogen-bond acceptors (Lipinski definition) is 2. The van der Waals surface area contributed by atoms with Gasteiger partial charge in [-0.05, 0) is 38.0 Å². The first-order chi connectivity index (χ1) is 8.04. The molecule has 1 aromatic rings. The van der Waals surface area contributed by atoms with Crippen LogP contribution in [0.4, 0.5) is 0 Å². The molecular formula is C13H19BrN2O. The second-order valence-electron chi connectivity index (χ2n) is 4.08. The summed E-state index contributed by atoms with van der Waals surface area (Å²) in [6.07, 6.45) is 0. The van der Waals surface area contributed by atoms with Gasteiger partial charge in [0.05, 0.1) is 6.04 Å². The lowest BCUT2D eigenvalue weighted by Crippen LogP contribution is -2.41. The maximum atomic E-state index is 11.5. The second kappa shape index (κ2) is 6.77. The van der Waals surface area contributed by atoms with Crippen LogP contribution in [0.15, 0.2) is 22.7 Å². The van der Waals surface area contributed by atoms with Crippen molar-refractivity contribution in [2.75, 3.05) is 6.54 Å². The summed E-state index contributed by atoms with van der Waals surface area (Å²) in [5.41, 5.74) is 2.39. The molecule has 1 aromatic carbocycles. The van der Waals surface area contributed by atoms with Gasteiger partial charge >= 0.3 is 0 Å². The third-order valence-corrected chi connectivity index (χ3v) is 3.47. The summed E-state index contributed by atoms with van der Waals surface area (Å²) in [5.74, 6) is 0.0429. The first kappa shape index (κ1) is 14.2. The first-order valence-corrected chi connectivity index (χ1v) is 6.60. The lowest BCUT2D eigenvalue weighted by molar-refractivity contribution is -0.122. The van der Waals surface area contributed by atoms with Gasteiger partial charge in [-0.2, -0.15) is 0 Å². The van der Waals surface area contributed by atoms with Crippen molar-refractivity contribution in [3.63, 3.8) is 0 Å². The summed E-state index contributed by atoms with van der Waals surface area (Å²) in [6.45, 7) is 7.22. The Kier molecular flexibility index (Phi) is 5.65. The molecule has 0 saturated carbocycles. The first-order valence-electron chi connectivity index (χ1n) is 5.80. The third kappa shape index (κ3) is 4.48. The SMILES string of the molecule is CCNC(=O)C(C)NCc1ccc(Br)c(C)c1. The molecule has 0 aliphatic carbocycles. The average molecular weight is 299 g/mol. The van der Waals surface area contributed by atoms with E-state index in [0.29, 0.717) is 13.1 Å². The van der Waals surface area contributed by atoms with Gasteiger partial charge in [0.25, 0.3) is 0 Å². The van der Waals surface area contributed by atoms with Gasteiger partial charge in [-0.1, -0.05) is 28.1 Å². The molecule has 0 aromatic heterocycles. The largest absolute Gasteiger partial charge is 0.355 e. The summed E-state index contributed by atoms with van der Waals surface area (Å²) in [5, 5.41) is 6.00. The van der Waals surface area contributed by atoms with Gasteiger partial charge in [-0.15, -0.1) is 0 Å². The molecule has 0 spiro atoms. The normalized spacial score (nSPS) is 12.2. The molecule has 0 saturated heterocycles. The van der Waals surface area contributed by atoms with Crippen molar-refractivity contribution in [1.29, 1.82) is 0 Å². The fourth-order valence-corrected chi connectivity index (χ4v) is 1.75. The minimum Gasteiger partial charge on any atom is -0.355 e. The smallest absolute Gasteiger partial charge is 0.236 e. The van der Waals surface area contributed by atoms with Crippen molar-refractivity contribution in [2.24, 2.45) is 0 Å². The summed E-state index contributed by atoms with van der Waals surface area (Å²) >= 11 is 3.47. The number of halogens is 1. The Bertz CT molecular complexity index is 393. The Labute approximate surface area is 111 Å². The summed E-state index contributed by atoms with van der Waals surface area (Å²) in [7, 11) is 0. The van der Waals surface area contributed by atoms with Crippen LogP contribution in [0.3, 0.4) is 0 Å². The standard InChI is InChI=1S/C13H19BrN2O/c1-4-15-13(17)10(3)16-8-11-5-6-12(14)9(2)7-11/h5-7,10,16H,4,8H2,1-3H3,(H,15,17). The zero-order valence-electron chi connectivity index (χ0n) is 10.5. The van der Waals surface area contributed by atoms with E-state index in [1.807, 2.05) is 19.9 Å². The van der Waals surface area contributed by atoms with E-state index in [2.05, 4.69) is 45.6 Å². The van der Waals surface area contributed by atoms with Gasteiger partial charge in [0.15, 0.2) is 0 Å². The van der Waals surface area contributed by atoms with Crippen molar-refractivity contribution in [3.8, 4) is 0 Å². The molecule has 3 nitrogen and oxygen atoms in total. The van der Waals surface area contributed by atoms with Gasteiger partial charge < -0.3 is 10.6 Å². The molecule has 0 aliphatic heterocycles. The lowest BCUT2D eigenvalue weighted by atomic mass is 10.1. The maximum Gasteiger partial charge on any atom is 0.236 e. The summed E-state index contributed by atoms with van der Waals surface area (Å²) in [4.78, 5) is 11.5. The number of carbonyl (C=O) groups excluding carboxylic acids is 1. The number of amides is 1. The Hall–Kier alpha value is -0.870. The molecule has 1 amide bonds. The predicted octanol–water partition coefficient (Wildman–Crippen LogP) is 2.37. The minimum atomic E-state index is -0.168. The predicted molar refractivity (Wildman–Crippen MR) is 73.9 cm³/mol. The zero-order valence-corrected chi connectivity index (χ0v) is 12.1. The Morgan fingerprint density at radius 1 is 1.47 bits per heavy atom. The number of carbonyl (C=O) groups is 1. The minimum absolute atomic E-state index is 0.0429. The van der Waals surface area contributed by atoms with E-state index in [4.69, 9.17) is 0 Å². The van der Waals surface area contributed by atoms with Crippen LogP contribution in [0, 0.1) is 6.92 Å². The molecular weight excluding hydrogens is 280 g/mol. The molecule has 1 rings (SSSR count). The van der Waals surface area contributed by atoms with Crippen LogP contribution in [0.5, 0.6) is 0 Å². The van der Waals surface area contributed by atoms with Crippen LogP contribution in [0.1, 0.15) is 25.0 Å². The van der Waals surface area contributed by atoms with E-state index in [1.165, 1.54) is 11.1 Å². The van der Waals surface area contributed by atoms with Crippen molar-refractivity contribution < 1.29 is 4.79 Å². The number of rotatable bonds is 5. The van der Waals surface area contributed by atoms with Crippen LogP contribution < -0.4 is 10.6 Å². The van der Waals surface area contributed by atoms with Crippen LogP contribution >= 0.6 is 15.9 Å². The van der Waals surface area contributed by atoms with E-state index in [-0.39, 0.29) is 11.9 Å². The van der Waals surface area contributed by atoms with E-state index in [1.54, 1.807) is 0 Å². The number of nitrogens with one attached hydrogen (secondary N) is 2. The molecule has 1 atom stereocenters. The highest BCUT2D eigenvalue weighted by atomic mass is 79.9. The topological polar surface area (TPSA) is 41.1 Å². The van der Waals surface area contributed by atoms with Gasteiger partial charge in [0.2, 0.25) is 5.91 Å². The molecule has 94 valence electrons. The fraction of sp³-hybridized carbons (Fsp3) is 0.462. The monoisotopic (exact) mass is 298 g/mol. The van der Waals surface area contributed by atoms with Gasteiger partial charge in [-0.25, -0.2) is 0 Å². The molecule has 4 heteroatoms. The molecule has 17 heavy (non-hydrogen) atoms. The van der Waals surface area contributed by atoms with Gasteiger partial charge in [0, 0.05) is 17.6 Å². The molecule has 0 heterocycles. The maximum absolute atomic E-state index is 11.5. The number of hydrogen-bond donors (Lipinski definition) is 2. The molecule has 0 radical (unpaired) electrons. The molecule has 0 bridgehead atoms. The highest BCUT2D eigenvalue weighted by Gasteiger charge is 2.10. The highest BCUT2D eigenvalue weighted by Crippen LogP contribution is 2.16. The summed E-state index contributed by atoms with van der Waals surface area (Å²) in [6, 6.07) is 6.03. The second-order valence-corrected chi connectivity index (χ2v) is 4.94. The Morgan fingerprint density at radius 2 is 2.18 bits per heavy atom. The third-order valence-electron chi connectivity index (χ3n) is 2.58. The highest BCUT2D eigenvalue weighted by molar-refractivity contribution is 9.10. The lowest BCUT2D eigenvalue weighted by Gasteiger charge is -2.13. The van der Waals surface area contributed by atoms with Crippen molar-refractivity contribution in [2.45, 2.75) is 33.4 Å². The Balaban J connectivity index is 2.50. The number of benzene rings is 1. The van der Waals surface area contributed by atoms with Crippen molar-refractivity contribution >= 4 is 21.8 Å². The number of likely N-dealkylation sites (N-methyl/N-ethyl adjacent to an activating group) is 1. The van der Waals surface area contributed by atoms with Gasteiger partial charge in [0.1, 0.15) is 0 Å². The number of aryl methyl sites for hydroxylation is 1. The van der Waals surface area contributed by atoms with E-state index < -0.39 is 0 Å². The molecule has 1 unspecified atom stereocenters. The Morgan fingerprint density at radius 3 is 2.76 bits per heavy atom. The van der Waals surface area contributed by atoms with E-state index in [9.17, 15) is 4.79 Å². The van der Waals surface area contributed by atoms with E-state index in [0.717, 1.165) is 4.47 Å². The van der Waals surface area contributed by atoms with Crippen LogP contribution in [-0.4, -0.2) is 18.5 Å². The van der Waals surface area contributed by atoms with Crippen molar-refractivity contribution in [3.05, 3.63) is 33.8 Å². The fourth-order valence-electron chi connectivity index (χ4n) is 1.51. The molecule has 0 aliphatic rings. The van der Waals surface area contributed by atoms with Crippen LogP contribution in [-0.2, 0) is 11.3 Å². The van der Waals surface area contributed by atoms with Crippen LogP contribution in [0.2, 0.25) is 0 Å². The molecule has 2 N–H and O–H groups in total. The van der Waals surface area contributed by atoms with Gasteiger partial charge in [-0.3, -0.25) is 4.79 Å². The quantitative estimate of drug-likeness (QED) is 0.876. The average Bonchev–Trinajstić information content (AvgIpc) is 2.30.